The molecule has 4 rings (SSSR count). The van der Waals surface area contributed by atoms with E-state index < -0.39 is 11.6 Å². The van der Waals surface area contributed by atoms with E-state index in [0.29, 0.717) is 11.4 Å². The molecule has 3 aromatic carbocycles. The fourth-order valence-electron chi connectivity index (χ4n) is 4.14. The third kappa shape index (κ3) is 4.89. The minimum absolute atomic E-state index is 0.0184. The van der Waals surface area contributed by atoms with Gasteiger partial charge in [-0.05, 0) is 67.6 Å². The van der Waals surface area contributed by atoms with Crippen molar-refractivity contribution in [2.45, 2.75) is 39.8 Å². The van der Waals surface area contributed by atoms with Gasteiger partial charge in [-0.3, -0.25) is 14.6 Å². The molecule has 0 atom stereocenters. The lowest BCUT2D eigenvalue weighted by atomic mass is 10.0. The van der Waals surface area contributed by atoms with Gasteiger partial charge in [0.2, 0.25) is 0 Å². The molecule has 1 fully saturated rings. The number of amides is 3. The molecule has 7 nitrogen and oxygen atoms in total. The number of carboxylic acids is 1. The van der Waals surface area contributed by atoms with Gasteiger partial charge < -0.3 is 9.84 Å². The quantitative estimate of drug-likeness (QED) is 0.479. The first-order chi connectivity index (χ1) is 16.6. The molecule has 0 aromatic heterocycles. The highest BCUT2D eigenvalue weighted by molar-refractivity contribution is 6.12. The van der Waals surface area contributed by atoms with Gasteiger partial charge >= 0.3 is 12.0 Å². The van der Waals surface area contributed by atoms with E-state index in [-0.39, 0.29) is 25.0 Å². The predicted molar refractivity (Wildman–Crippen MR) is 133 cm³/mol. The van der Waals surface area contributed by atoms with Gasteiger partial charge in [0.05, 0.1) is 6.54 Å². The van der Waals surface area contributed by atoms with E-state index in [9.17, 15) is 19.5 Å². The Morgan fingerprint density at radius 3 is 2.09 bits per heavy atom. The van der Waals surface area contributed by atoms with Crippen LogP contribution >= 0.6 is 0 Å². The van der Waals surface area contributed by atoms with E-state index in [1.165, 1.54) is 23.6 Å². The summed E-state index contributed by atoms with van der Waals surface area (Å²) in [4.78, 5) is 40.0. The number of carboxylic acid groups (broad SMARTS) is 1. The summed E-state index contributed by atoms with van der Waals surface area (Å²) in [7, 11) is 0. The summed E-state index contributed by atoms with van der Waals surface area (Å²) in [6, 6.07) is 20.8. The summed E-state index contributed by atoms with van der Waals surface area (Å²) in [6.07, 6.45) is 0. The molecule has 1 aliphatic rings. The van der Waals surface area contributed by atoms with Crippen LogP contribution in [0.25, 0.3) is 11.1 Å². The topological polar surface area (TPSA) is 87.2 Å². The smallest absolute Gasteiger partial charge is 0.347 e. The van der Waals surface area contributed by atoms with Crippen LogP contribution in [0.4, 0.5) is 10.5 Å². The molecule has 35 heavy (non-hydrogen) atoms. The Morgan fingerprint density at radius 1 is 0.943 bits per heavy atom. The standard InChI is InChI=1S/C28H28N2O5/c1-18-14-20(15-19(2)25(18)35-28(3,4)26(32)33)16-30-24(31)17-29(27(30)34)23-12-10-22(11-13-23)21-8-6-5-7-9-21/h5-15H,16-17H2,1-4H3,(H,32,33). The van der Waals surface area contributed by atoms with Crippen molar-refractivity contribution in [3.8, 4) is 16.9 Å². The van der Waals surface area contributed by atoms with Crippen LogP contribution in [-0.2, 0) is 16.1 Å². The Balaban J connectivity index is 1.51. The molecule has 0 saturated carbocycles. The molecule has 0 bridgehead atoms. The van der Waals surface area contributed by atoms with Gasteiger partial charge in [-0.2, -0.15) is 0 Å². The maximum atomic E-state index is 13.1. The van der Waals surface area contributed by atoms with Crippen molar-refractivity contribution in [1.29, 1.82) is 0 Å². The fraction of sp³-hybridized carbons (Fsp3) is 0.250. The first kappa shape index (κ1) is 24.0. The average molecular weight is 473 g/mol. The first-order valence-electron chi connectivity index (χ1n) is 11.4. The molecule has 0 aliphatic carbocycles. The summed E-state index contributed by atoms with van der Waals surface area (Å²) in [5.41, 5.74) is 3.64. The van der Waals surface area contributed by atoms with Crippen molar-refractivity contribution in [1.82, 2.24) is 4.90 Å². The van der Waals surface area contributed by atoms with Gasteiger partial charge in [0.15, 0.2) is 5.60 Å². The Morgan fingerprint density at radius 2 is 1.51 bits per heavy atom. The number of anilines is 1. The number of aryl methyl sites for hydroxylation is 2. The normalized spacial score (nSPS) is 13.9. The highest BCUT2D eigenvalue weighted by atomic mass is 16.5. The van der Waals surface area contributed by atoms with Gasteiger partial charge in [0.1, 0.15) is 12.3 Å². The number of benzene rings is 3. The monoisotopic (exact) mass is 472 g/mol. The third-order valence-electron chi connectivity index (χ3n) is 6.08. The van der Waals surface area contributed by atoms with Crippen LogP contribution in [0.1, 0.15) is 30.5 Å². The molecule has 0 radical (unpaired) electrons. The SMILES string of the molecule is Cc1cc(CN2C(=O)CN(c3ccc(-c4ccccc4)cc3)C2=O)cc(C)c1OC(C)(C)C(=O)O. The minimum Gasteiger partial charge on any atom is -0.478 e. The summed E-state index contributed by atoms with van der Waals surface area (Å²) >= 11 is 0. The van der Waals surface area contributed by atoms with Crippen LogP contribution in [0.2, 0.25) is 0 Å². The minimum atomic E-state index is -1.38. The number of hydrogen-bond donors (Lipinski definition) is 1. The zero-order valence-electron chi connectivity index (χ0n) is 20.2. The molecule has 0 spiro atoms. The van der Waals surface area contributed by atoms with Crippen LogP contribution in [-0.4, -0.2) is 40.1 Å². The number of hydrogen-bond acceptors (Lipinski definition) is 4. The first-order valence-corrected chi connectivity index (χ1v) is 11.4. The van der Waals surface area contributed by atoms with E-state index in [2.05, 4.69) is 0 Å². The number of carbonyl (C=O) groups is 3. The van der Waals surface area contributed by atoms with Crippen LogP contribution in [0.5, 0.6) is 5.75 Å². The summed E-state index contributed by atoms with van der Waals surface area (Å²) in [5, 5.41) is 9.37. The second kappa shape index (κ2) is 9.25. The number of imide groups is 1. The van der Waals surface area contributed by atoms with E-state index >= 15 is 0 Å². The van der Waals surface area contributed by atoms with Gasteiger partial charge in [0, 0.05) is 5.69 Å². The lowest BCUT2D eigenvalue weighted by Crippen LogP contribution is -2.38. The number of ether oxygens (including phenoxy) is 1. The highest BCUT2D eigenvalue weighted by Gasteiger charge is 2.37. The van der Waals surface area contributed by atoms with Crippen molar-refractivity contribution < 1.29 is 24.2 Å². The van der Waals surface area contributed by atoms with Crippen LogP contribution < -0.4 is 9.64 Å². The average Bonchev–Trinajstić information content (AvgIpc) is 3.10. The number of aliphatic carboxylic acids is 1. The lowest BCUT2D eigenvalue weighted by molar-refractivity contribution is -0.152. The zero-order chi connectivity index (χ0) is 25.3. The molecule has 180 valence electrons. The molecule has 1 saturated heterocycles. The van der Waals surface area contributed by atoms with E-state index in [1.807, 2.05) is 80.6 Å². The maximum Gasteiger partial charge on any atom is 0.347 e. The molecule has 1 aliphatic heterocycles. The van der Waals surface area contributed by atoms with E-state index in [4.69, 9.17) is 4.74 Å². The highest BCUT2D eigenvalue weighted by Crippen LogP contribution is 2.31. The second-order valence-corrected chi connectivity index (χ2v) is 9.24. The molecular formula is C28H28N2O5. The van der Waals surface area contributed by atoms with Gasteiger partial charge in [-0.15, -0.1) is 0 Å². The third-order valence-corrected chi connectivity index (χ3v) is 6.08. The van der Waals surface area contributed by atoms with E-state index in [1.54, 1.807) is 0 Å². The van der Waals surface area contributed by atoms with Crippen molar-refractivity contribution in [2.75, 3.05) is 11.4 Å². The zero-order valence-corrected chi connectivity index (χ0v) is 20.2. The number of rotatable bonds is 7. The number of urea groups is 1. The van der Waals surface area contributed by atoms with Crippen LogP contribution in [0.15, 0.2) is 66.7 Å². The molecule has 3 aromatic rings. The Bertz CT molecular complexity index is 1260. The van der Waals surface area contributed by atoms with Gasteiger partial charge in [-0.25, -0.2) is 9.59 Å². The molecule has 1 N–H and O–H groups in total. The Labute approximate surface area is 204 Å². The fourth-order valence-corrected chi connectivity index (χ4v) is 4.14. The number of carbonyl (C=O) groups excluding carboxylic acids is 2. The predicted octanol–water partition coefficient (Wildman–Crippen LogP) is 5.18. The lowest BCUT2D eigenvalue weighted by Gasteiger charge is -2.25. The molecule has 1 heterocycles. The number of nitrogens with zero attached hydrogens (tertiary/aromatic N) is 2. The van der Waals surface area contributed by atoms with E-state index in [0.717, 1.165) is 27.8 Å². The summed E-state index contributed by atoms with van der Waals surface area (Å²) in [5.74, 6) is -0.851. The summed E-state index contributed by atoms with van der Waals surface area (Å²) < 4.78 is 5.75. The van der Waals surface area contributed by atoms with Gasteiger partial charge in [-0.1, -0.05) is 54.6 Å². The maximum absolute atomic E-state index is 13.1. The molecule has 7 heteroatoms. The van der Waals surface area contributed by atoms with Gasteiger partial charge in [0.25, 0.3) is 5.91 Å². The summed E-state index contributed by atoms with van der Waals surface area (Å²) in [6.45, 7) is 6.72. The van der Waals surface area contributed by atoms with Crippen molar-refractivity contribution in [3.05, 3.63) is 83.4 Å². The van der Waals surface area contributed by atoms with Crippen molar-refractivity contribution in [2.24, 2.45) is 0 Å². The van der Waals surface area contributed by atoms with Crippen molar-refractivity contribution >= 4 is 23.6 Å². The Hall–Kier alpha value is -4.13. The Kier molecular flexibility index (Phi) is 6.35. The molecule has 3 amide bonds. The molecule has 0 unspecified atom stereocenters. The van der Waals surface area contributed by atoms with Crippen LogP contribution in [0, 0.1) is 13.8 Å². The van der Waals surface area contributed by atoms with Crippen molar-refractivity contribution in [3.63, 3.8) is 0 Å². The second-order valence-electron chi connectivity index (χ2n) is 9.24. The largest absolute Gasteiger partial charge is 0.478 e. The van der Waals surface area contributed by atoms with Crippen LogP contribution in [0.3, 0.4) is 0 Å². The molecular weight excluding hydrogens is 444 g/mol.